The van der Waals surface area contributed by atoms with Crippen molar-refractivity contribution < 1.29 is 18.7 Å². The minimum absolute atomic E-state index is 0.0664. The van der Waals surface area contributed by atoms with E-state index in [1.54, 1.807) is 37.7 Å². The Kier molecular flexibility index (Phi) is 7.92. The first-order valence-corrected chi connectivity index (χ1v) is 12.5. The predicted molar refractivity (Wildman–Crippen MR) is 135 cm³/mol. The number of nitrogens with one attached hydrogen (secondary N) is 1. The maximum Gasteiger partial charge on any atom is 0.291 e. The number of aryl methyl sites for hydroxylation is 1. The van der Waals surface area contributed by atoms with Gasteiger partial charge >= 0.3 is 0 Å². The molecule has 0 spiro atoms. The van der Waals surface area contributed by atoms with Gasteiger partial charge in [0.2, 0.25) is 0 Å². The highest BCUT2D eigenvalue weighted by Crippen LogP contribution is 2.43. The summed E-state index contributed by atoms with van der Waals surface area (Å²) in [6, 6.07) is 11.5. The van der Waals surface area contributed by atoms with E-state index in [4.69, 9.17) is 13.9 Å². The SMILES string of the molecule is CCc1cc(C(c2ccc(OC)cc2OC)N2CCN(CC)CC2)c(NC(=O)c2ccco2)s1. The molecule has 1 aliphatic heterocycles. The third kappa shape index (κ3) is 5.14. The zero-order valence-corrected chi connectivity index (χ0v) is 21.1. The van der Waals surface area contributed by atoms with Crippen molar-refractivity contribution >= 4 is 22.2 Å². The molecule has 2 aromatic heterocycles. The standard InChI is InChI=1S/C26H33N3O4S/c1-5-19-17-21(26(34-19)27-25(30)22-8-7-15-33-22)24(29-13-11-28(6-2)12-14-29)20-10-9-18(31-3)16-23(20)32-4/h7-10,15-17,24H,5-6,11-14H2,1-4H3,(H,27,30). The molecule has 34 heavy (non-hydrogen) atoms. The van der Waals surface area contributed by atoms with Gasteiger partial charge in [0.1, 0.15) is 16.5 Å². The quantitative estimate of drug-likeness (QED) is 0.467. The average molecular weight is 484 g/mol. The number of thiophene rings is 1. The van der Waals surface area contributed by atoms with Gasteiger partial charge in [-0.05, 0) is 43.3 Å². The van der Waals surface area contributed by atoms with Crippen LogP contribution in [0.5, 0.6) is 11.5 Å². The van der Waals surface area contributed by atoms with Crippen LogP contribution in [0.15, 0.2) is 47.1 Å². The summed E-state index contributed by atoms with van der Waals surface area (Å²) in [5.74, 6) is 1.58. The lowest BCUT2D eigenvalue weighted by Gasteiger charge is -2.39. The molecule has 8 heteroatoms. The van der Waals surface area contributed by atoms with E-state index in [0.717, 1.165) is 66.8 Å². The van der Waals surface area contributed by atoms with Gasteiger partial charge in [-0.25, -0.2) is 0 Å². The maximum absolute atomic E-state index is 12.9. The van der Waals surface area contributed by atoms with E-state index >= 15 is 0 Å². The minimum atomic E-state index is -0.244. The molecular weight excluding hydrogens is 450 g/mol. The molecule has 0 aliphatic carbocycles. The number of piperazine rings is 1. The summed E-state index contributed by atoms with van der Waals surface area (Å²) in [4.78, 5) is 19.1. The second-order valence-electron chi connectivity index (χ2n) is 8.26. The summed E-state index contributed by atoms with van der Waals surface area (Å²) in [6.45, 7) is 9.25. The number of benzene rings is 1. The van der Waals surface area contributed by atoms with Gasteiger partial charge in [-0.3, -0.25) is 9.69 Å². The maximum atomic E-state index is 12.9. The largest absolute Gasteiger partial charge is 0.497 e. The van der Waals surface area contributed by atoms with E-state index in [-0.39, 0.29) is 11.9 Å². The molecule has 1 unspecified atom stereocenters. The Bertz CT molecular complexity index is 1090. The van der Waals surface area contributed by atoms with Gasteiger partial charge in [0.05, 0.1) is 26.5 Å². The lowest BCUT2D eigenvalue weighted by molar-refractivity contribution is 0.0995. The number of hydrogen-bond donors (Lipinski definition) is 1. The van der Waals surface area contributed by atoms with E-state index in [0.29, 0.717) is 5.76 Å². The lowest BCUT2D eigenvalue weighted by atomic mass is 9.96. The highest BCUT2D eigenvalue weighted by atomic mass is 32.1. The molecule has 1 saturated heterocycles. The van der Waals surface area contributed by atoms with Crippen LogP contribution in [-0.4, -0.2) is 62.7 Å². The Labute approximate surface area is 205 Å². The van der Waals surface area contributed by atoms with Crippen LogP contribution in [0.2, 0.25) is 0 Å². The zero-order chi connectivity index (χ0) is 24.1. The van der Waals surface area contributed by atoms with Gasteiger partial charge in [-0.15, -0.1) is 11.3 Å². The summed E-state index contributed by atoms with van der Waals surface area (Å²) >= 11 is 1.62. The van der Waals surface area contributed by atoms with Crippen molar-refractivity contribution in [2.24, 2.45) is 0 Å². The summed E-state index contributed by atoms with van der Waals surface area (Å²) in [6.07, 6.45) is 2.41. The molecule has 1 aliphatic rings. The van der Waals surface area contributed by atoms with Crippen molar-refractivity contribution in [3.63, 3.8) is 0 Å². The minimum Gasteiger partial charge on any atom is -0.497 e. The number of methoxy groups -OCH3 is 2. The summed E-state index contributed by atoms with van der Waals surface area (Å²) in [5.41, 5.74) is 2.14. The normalized spacial score (nSPS) is 15.8. The molecule has 182 valence electrons. The number of amides is 1. The molecule has 7 nitrogen and oxygen atoms in total. The van der Waals surface area contributed by atoms with E-state index in [9.17, 15) is 4.79 Å². The van der Waals surface area contributed by atoms with Crippen LogP contribution in [0.25, 0.3) is 0 Å². The number of anilines is 1. The van der Waals surface area contributed by atoms with Crippen molar-refractivity contribution in [3.05, 3.63) is 64.4 Å². The fraction of sp³-hybridized carbons (Fsp3) is 0.423. The van der Waals surface area contributed by atoms with Crippen LogP contribution < -0.4 is 14.8 Å². The monoisotopic (exact) mass is 483 g/mol. The predicted octanol–water partition coefficient (Wildman–Crippen LogP) is 4.90. The topological polar surface area (TPSA) is 67.2 Å². The van der Waals surface area contributed by atoms with E-state index in [1.165, 1.54) is 11.1 Å². The van der Waals surface area contributed by atoms with Crippen LogP contribution >= 0.6 is 11.3 Å². The van der Waals surface area contributed by atoms with E-state index in [1.807, 2.05) is 12.1 Å². The van der Waals surface area contributed by atoms with Crippen molar-refractivity contribution in [1.82, 2.24) is 9.80 Å². The summed E-state index contributed by atoms with van der Waals surface area (Å²) < 4.78 is 16.6. The van der Waals surface area contributed by atoms with Gasteiger partial charge in [-0.1, -0.05) is 13.8 Å². The molecule has 3 aromatic rings. The fourth-order valence-electron chi connectivity index (χ4n) is 4.45. The lowest BCUT2D eigenvalue weighted by Crippen LogP contribution is -2.47. The van der Waals surface area contributed by atoms with E-state index in [2.05, 4.69) is 41.1 Å². The molecule has 0 radical (unpaired) electrons. The Balaban J connectivity index is 1.78. The number of likely N-dealkylation sites (N-methyl/N-ethyl adjacent to an activating group) is 1. The van der Waals surface area contributed by atoms with Gasteiger partial charge in [0.15, 0.2) is 5.76 Å². The van der Waals surface area contributed by atoms with Crippen LogP contribution in [0.3, 0.4) is 0 Å². The molecule has 1 atom stereocenters. The van der Waals surface area contributed by atoms with Gasteiger partial charge in [0, 0.05) is 48.2 Å². The van der Waals surface area contributed by atoms with Crippen LogP contribution in [0.4, 0.5) is 5.00 Å². The first kappa shape index (κ1) is 24.3. The molecule has 1 N–H and O–H groups in total. The molecule has 0 saturated carbocycles. The fourth-order valence-corrected chi connectivity index (χ4v) is 5.47. The highest BCUT2D eigenvalue weighted by molar-refractivity contribution is 7.16. The first-order chi connectivity index (χ1) is 16.6. The number of furan rings is 1. The number of hydrogen-bond acceptors (Lipinski definition) is 7. The van der Waals surface area contributed by atoms with Crippen LogP contribution in [-0.2, 0) is 6.42 Å². The molecule has 3 heterocycles. The smallest absolute Gasteiger partial charge is 0.291 e. The number of ether oxygens (including phenoxy) is 2. The van der Waals surface area contributed by atoms with Crippen molar-refractivity contribution in [3.8, 4) is 11.5 Å². The van der Waals surface area contributed by atoms with Gasteiger partial charge in [-0.2, -0.15) is 0 Å². The highest BCUT2D eigenvalue weighted by Gasteiger charge is 2.32. The van der Waals surface area contributed by atoms with Crippen molar-refractivity contribution in [1.29, 1.82) is 0 Å². The third-order valence-electron chi connectivity index (χ3n) is 6.38. The molecule has 4 rings (SSSR count). The van der Waals surface area contributed by atoms with E-state index < -0.39 is 0 Å². The number of rotatable bonds is 9. The summed E-state index contributed by atoms with van der Waals surface area (Å²) in [7, 11) is 3.35. The Hall–Kier alpha value is -2.81. The molecule has 1 aromatic carbocycles. The first-order valence-electron chi connectivity index (χ1n) is 11.7. The van der Waals surface area contributed by atoms with Crippen LogP contribution in [0, 0.1) is 0 Å². The molecule has 1 fully saturated rings. The zero-order valence-electron chi connectivity index (χ0n) is 20.3. The van der Waals surface area contributed by atoms with Crippen LogP contribution in [0.1, 0.15) is 46.4 Å². The van der Waals surface area contributed by atoms with Gasteiger partial charge in [0.25, 0.3) is 5.91 Å². The van der Waals surface area contributed by atoms with Crippen molar-refractivity contribution in [2.45, 2.75) is 26.3 Å². The second-order valence-corrected chi connectivity index (χ2v) is 9.40. The number of carbonyl (C=O) groups is 1. The Morgan fingerprint density at radius 2 is 1.88 bits per heavy atom. The molecule has 1 amide bonds. The Morgan fingerprint density at radius 3 is 2.50 bits per heavy atom. The summed E-state index contributed by atoms with van der Waals surface area (Å²) in [5, 5.41) is 3.97. The number of nitrogens with zero attached hydrogens (tertiary/aromatic N) is 2. The molecular formula is C26H33N3O4S. The van der Waals surface area contributed by atoms with Crippen molar-refractivity contribution in [2.75, 3.05) is 52.3 Å². The molecule has 0 bridgehead atoms. The number of carbonyl (C=O) groups excluding carboxylic acids is 1. The third-order valence-corrected chi connectivity index (χ3v) is 7.59. The second kappa shape index (κ2) is 11.1. The Morgan fingerprint density at radius 1 is 1.09 bits per heavy atom. The average Bonchev–Trinajstić information content (AvgIpc) is 3.55. The van der Waals surface area contributed by atoms with Gasteiger partial charge < -0.3 is 24.1 Å².